The molecular weight excluding hydrogens is 308 g/mol. The molecule has 0 aromatic carbocycles. The first kappa shape index (κ1) is 14.4. The third-order valence-corrected chi connectivity index (χ3v) is 3.83. The number of hydrogen-bond acceptors (Lipinski definition) is 8. The number of thiazole rings is 1. The van der Waals surface area contributed by atoms with E-state index in [1.165, 1.54) is 21.9 Å². The zero-order valence-electron chi connectivity index (χ0n) is 12.1. The summed E-state index contributed by atoms with van der Waals surface area (Å²) in [5.74, 6) is -0.166. The van der Waals surface area contributed by atoms with Gasteiger partial charge in [-0.2, -0.15) is 4.98 Å². The molecule has 3 heterocycles. The molecule has 0 aliphatic rings. The summed E-state index contributed by atoms with van der Waals surface area (Å²) in [5, 5.41) is 3.62. The molecule has 22 heavy (non-hydrogen) atoms. The molecule has 0 aliphatic heterocycles. The summed E-state index contributed by atoms with van der Waals surface area (Å²) in [6.07, 6.45) is 2.11. The van der Waals surface area contributed by atoms with E-state index in [9.17, 15) is 9.59 Å². The molecule has 114 valence electrons. The van der Waals surface area contributed by atoms with Crippen molar-refractivity contribution in [1.29, 1.82) is 0 Å². The molecule has 1 atom stereocenters. The van der Waals surface area contributed by atoms with Gasteiger partial charge < -0.3 is 9.26 Å². The van der Waals surface area contributed by atoms with E-state index in [0.29, 0.717) is 10.8 Å². The molecule has 9 heteroatoms. The Labute approximate surface area is 128 Å². The highest BCUT2D eigenvalue weighted by Crippen LogP contribution is 2.17. The molecule has 0 fully saturated rings. The van der Waals surface area contributed by atoms with Gasteiger partial charge in [0.15, 0.2) is 16.9 Å². The minimum absolute atomic E-state index is 0.140. The summed E-state index contributed by atoms with van der Waals surface area (Å²) in [6, 6.07) is 0. The molecule has 0 saturated carbocycles. The van der Waals surface area contributed by atoms with Crippen molar-refractivity contribution in [3.63, 3.8) is 0 Å². The van der Waals surface area contributed by atoms with Gasteiger partial charge in [-0.3, -0.25) is 9.20 Å². The van der Waals surface area contributed by atoms with E-state index in [1.54, 1.807) is 20.0 Å². The van der Waals surface area contributed by atoms with Gasteiger partial charge in [-0.15, -0.1) is 11.3 Å². The van der Waals surface area contributed by atoms with Gasteiger partial charge in [-0.25, -0.2) is 9.78 Å². The summed E-state index contributed by atoms with van der Waals surface area (Å²) in [5.41, 5.74) is -0.605. The number of aryl methyl sites for hydroxylation is 2. The van der Waals surface area contributed by atoms with Crippen molar-refractivity contribution in [1.82, 2.24) is 19.5 Å². The summed E-state index contributed by atoms with van der Waals surface area (Å²) in [7, 11) is 0. The lowest BCUT2D eigenvalue weighted by atomic mass is 10.3. The Morgan fingerprint density at radius 2 is 2.23 bits per heavy atom. The van der Waals surface area contributed by atoms with Crippen LogP contribution in [0.5, 0.6) is 0 Å². The Kier molecular flexibility index (Phi) is 3.49. The van der Waals surface area contributed by atoms with E-state index >= 15 is 0 Å². The molecule has 0 saturated heterocycles. The Bertz CT molecular complexity index is 910. The predicted octanol–water partition coefficient (Wildman–Crippen LogP) is 1.67. The number of carbonyl (C=O) groups excluding carboxylic acids is 1. The third kappa shape index (κ3) is 2.50. The van der Waals surface area contributed by atoms with Gasteiger partial charge >= 0.3 is 5.97 Å². The first-order valence-electron chi connectivity index (χ1n) is 6.44. The Balaban J connectivity index is 1.89. The molecule has 8 nitrogen and oxygen atoms in total. The summed E-state index contributed by atoms with van der Waals surface area (Å²) < 4.78 is 11.4. The zero-order chi connectivity index (χ0) is 15.9. The van der Waals surface area contributed by atoms with E-state index in [2.05, 4.69) is 15.1 Å². The van der Waals surface area contributed by atoms with Crippen LogP contribution in [0, 0.1) is 13.8 Å². The number of esters is 1. The second kappa shape index (κ2) is 5.34. The maximum Gasteiger partial charge on any atom is 0.346 e. The fraction of sp³-hybridized carbons (Fsp3) is 0.308. The second-order valence-corrected chi connectivity index (χ2v) is 5.91. The van der Waals surface area contributed by atoms with Gasteiger partial charge in [0.05, 0.1) is 6.20 Å². The van der Waals surface area contributed by atoms with Gasteiger partial charge in [0, 0.05) is 11.1 Å². The Morgan fingerprint density at radius 3 is 2.91 bits per heavy atom. The minimum atomic E-state index is -0.779. The van der Waals surface area contributed by atoms with Crippen molar-refractivity contribution in [3.05, 3.63) is 44.9 Å². The standard InChI is InChI=1S/C13H12N4O4S/c1-6-5-17-11(18)9(4-14-13(17)22-6)12(19)20-7(2)10-15-8(3)16-21-10/h4-5,7H,1-3H3/t7-/m1/s1. The van der Waals surface area contributed by atoms with Crippen molar-refractivity contribution in [2.75, 3.05) is 0 Å². The van der Waals surface area contributed by atoms with Gasteiger partial charge in [0.1, 0.15) is 5.56 Å². The van der Waals surface area contributed by atoms with E-state index in [-0.39, 0.29) is 11.5 Å². The smallest absolute Gasteiger partial charge is 0.346 e. The van der Waals surface area contributed by atoms with E-state index in [0.717, 1.165) is 4.88 Å². The molecule has 0 aliphatic carbocycles. The van der Waals surface area contributed by atoms with Crippen LogP contribution in [-0.4, -0.2) is 25.5 Å². The number of ether oxygens (including phenoxy) is 1. The molecule has 0 N–H and O–H groups in total. The van der Waals surface area contributed by atoms with Crippen LogP contribution in [0.3, 0.4) is 0 Å². The number of carbonyl (C=O) groups is 1. The van der Waals surface area contributed by atoms with Crippen LogP contribution in [0.2, 0.25) is 0 Å². The highest BCUT2D eigenvalue weighted by Gasteiger charge is 2.22. The largest absolute Gasteiger partial charge is 0.449 e. The molecule has 3 aromatic rings. The van der Waals surface area contributed by atoms with Crippen LogP contribution in [0.15, 0.2) is 21.7 Å². The van der Waals surface area contributed by atoms with Crippen LogP contribution < -0.4 is 5.56 Å². The Hall–Kier alpha value is -2.55. The lowest BCUT2D eigenvalue weighted by Crippen LogP contribution is -2.23. The number of rotatable bonds is 3. The van der Waals surface area contributed by atoms with Crippen molar-refractivity contribution in [3.8, 4) is 0 Å². The monoisotopic (exact) mass is 320 g/mol. The van der Waals surface area contributed by atoms with Gasteiger partial charge in [0.25, 0.3) is 11.4 Å². The molecule has 0 spiro atoms. The van der Waals surface area contributed by atoms with Crippen molar-refractivity contribution in [2.24, 2.45) is 0 Å². The van der Waals surface area contributed by atoms with Gasteiger partial charge in [-0.05, 0) is 20.8 Å². The molecule has 0 radical (unpaired) electrons. The SMILES string of the molecule is Cc1noc([C@@H](C)OC(=O)c2cnc3sc(C)cn3c2=O)n1. The highest BCUT2D eigenvalue weighted by atomic mass is 32.1. The third-order valence-electron chi connectivity index (χ3n) is 2.92. The lowest BCUT2D eigenvalue weighted by Gasteiger charge is -2.08. The fourth-order valence-corrected chi connectivity index (χ4v) is 2.67. The molecule has 3 rings (SSSR count). The topological polar surface area (TPSA) is 99.6 Å². The van der Waals surface area contributed by atoms with Crippen molar-refractivity contribution in [2.45, 2.75) is 26.9 Å². The molecule has 3 aromatic heterocycles. The molecule has 0 unspecified atom stereocenters. The summed E-state index contributed by atoms with van der Waals surface area (Å²) in [4.78, 5) is 34.0. The average Bonchev–Trinajstić information content (AvgIpc) is 3.04. The second-order valence-electron chi connectivity index (χ2n) is 4.70. The van der Waals surface area contributed by atoms with E-state index < -0.39 is 17.6 Å². The molecule has 0 amide bonds. The van der Waals surface area contributed by atoms with Gasteiger partial charge in [0.2, 0.25) is 0 Å². The number of aromatic nitrogens is 4. The number of hydrogen-bond donors (Lipinski definition) is 0. The number of fused-ring (bicyclic) bond motifs is 1. The van der Waals surface area contributed by atoms with Crippen molar-refractivity contribution >= 4 is 22.3 Å². The maximum absolute atomic E-state index is 12.3. The highest BCUT2D eigenvalue weighted by molar-refractivity contribution is 7.16. The average molecular weight is 320 g/mol. The van der Waals surface area contributed by atoms with Crippen LogP contribution in [0.25, 0.3) is 4.96 Å². The number of nitrogens with zero attached hydrogens (tertiary/aromatic N) is 4. The predicted molar refractivity (Wildman–Crippen MR) is 76.9 cm³/mol. The van der Waals surface area contributed by atoms with Crippen LogP contribution in [0.4, 0.5) is 0 Å². The van der Waals surface area contributed by atoms with Gasteiger partial charge in [-0.1, -0.05) is 5.16 Å². The van der Waals surface area contributed by atoms with E-state index in [1.807, 2.05) is 6.92 Å². The van der Waals surface area contributed by atoms with Crippen LogP contribution >= 0.6 is 11.3 Å². The first-order valence-corrected chi connectivity index (χ1v) is 7.26. The van der Waals surface area contributed by atoms with Crippen LogP contribution in [0.1, 0.15) is 40.0 Å². The Morgan fingerprint density at radius 1 is 1.45 bits per heavy atom. The quantitative estimate of drug-likeness (QED) is 0.677. The maximum atomic E-state index is 12.3. The summed E-state index contributed by atoms with van der Waals surface area (Å²) in [6.45, 7) is 5.10. The normalized spacial score (nSPS) is 12.5. The van der Waals surface area contributed by atoms with Crippen molar-refractivity contribution < 1.29 is 14.1 Å². The summed E-state index contributed by atoms with van der Waals surface area (Å²) >= 11 is 1.37. The first-order chi connectivity index (χ1) is 10.5. The fourth-order valence-electron chi connectivity index (χ4n) is 1.89. The van der Waals surface area contributed by atoms with Crippen LogP contribution in [-0.2, 0) is 4.74 Å². The zero-order valence-corrected chi connectivity index (χ0v) is 12.9. The minimum Gasteiger partial charge on any atom is -0.449 e. The lowest BCUT2D eigenvalue weighted by molar-refractivity contribution is 0.0262. The van der Waals surface area contributed by atoms with E-state index in [4.69, 9.17) is 9.26 Å². The molecular formula is C13H12N4O4S. The molecule has 0 bridgehead atoms.